The quantitative estimate of drug-likeness (QED) is 0.458. The molecule has 0 radical (unpaired) electrons. The Bertz CT molecular complexity index is 935. The Labute approximate surface area is 168 Å². The van der Waals surface area contributed by atoms with Gasteiger partial charge in [-0.25, -0.2) is 13.9 Å². The van der Waals surface area contributed by atoms with E-state index in [2.05, 4.69) is 4.72 Å². The molecular formula is C18H20Cl2N2O4S. The summed E-state index contributed by atoms with van der Waals surface area (Å²) in [4.78, 5) is 11.9. The van der Waals surface area contributed by atoms with E-state index in [1.165, 1.54) is 17.6 Å². The summed E-state index contributed by atoms with van der Waals surface area (Å²) in [7, 11) is -4.00. The van der Waals surface area contributed by atoms with Crippen molar-refractivity contribution in [1.82, 2.24) is 10.2 Å². The topological polar surface area (TPSA) is 95.5 Å². The smallest absolute Gasteiger partial charge is 0.261 e. The number of hydrogen-bond donors (Lipinski definition) is 3. The van der Waals surface area contributed by atoms with E-state index in [0.717, 1.165) is 0 Å². The molecule has 146 valence electrons. The number of hydroxylamine groups is 1. The first-order valence-corrected chi connectivity index (χ1v) is 10.4. The van der Waals surface area contributed by atoms with Crippen molar-refractivity contribution < 1.29 is 18.4 Å². The molecule has 2 aromatic rings. The van der Waals surface area contributed by atoms with E-state index < -0.39 is 22.0 Å². The van der Waals surface area contributed by atoms with Gasteiger partial charge in [-0.15, -0.1) is 0 Å². The molecule has 1 amide bonds. The largest absolute Gasteiger partial charge is 0.289 e. The van der Waals surface area contributed by atoms with Crippen LogP contribution in [0.3, 0.4) is 0 Å². The summed E-state index contributed by atoms with van der Waals surface area (Å²) in [6.07, 6.45) is 0.546. The minimum atomic E-state index is -4.00. The summed E-state index contributed by atoms with van der Waals surface area (Å²) in [6, 6.07) is 10.1. The van der Waals surface area contributed by atoms with Crippen LogP contribution in [0, 0.1) is 5.92 Å². The Morgan fingerprint density at radius 2 is 1.78 bits per heavy atom. The van der Waals surface area contributed by atoms with Crippen molar-refractivity contribution in [2.24, 2.45) is 5.92 Å². The lowest BCUT2D eigenvalue weighted by atomic mass is 10.00. The van der Waals surface area contributed by atoms with E-state index in [4.69, 9.17) is 28.4 Å². The van der Waals surface area contributed by atoms with Crippen LogP contribution in [0.15, 0.2) is 47.4 Å². The molecule has 0 aliphatic carbocycles. The second kappa shape index (κ2) is 9.03. The maximum atomic E-state index is 12.8. The zero-order valence-electron chi connectivity index (χ0n) is 14.7. The number of benzene rings is 2. The first-order chi connectivity index (χ1) is 12.7. The molecule has 0 saturated heterocycles. The standard InChI is InChI=1S/C18H20Cl2N2O4S/c1-3-11(2)17(18(23)21-24)22-27(25,26)14-6-4-5-12(9-14)13-7-8-15(19)16(20)10-13/h4-11,17,22,24H,3H2,1-2H3,(H,21,23)/t11-,17-/m0/s1. The van der Waals surface area contributed by atoms with Crippen LogP contribution >= 0.6 is 23.2 Å². The van der Waals surface area contributed by atoms with Gasteiger partial charge < -0.3 is 0 Å². The molecule has 0 spiro atoms. The number of carbonyl (C=O) groups excluding carboxylic acids is 1. The number of rotatable bonds is 7. The van der Waals surface area contributed by atoms with Gasteiger partial charge in [0.05, 0.1) is 14.9 Å². The van der Waals surface area contributed by atoms with E-state index >= 15 is 0 Å². The molecule has 3 N–H and O–H groups in total. The summed E-state index contributed by atoms with van der Waals surface area (Å²) < 4.78 is 27.9. The van der Waals surface area contributed by atoms with Gasteiger partial charge in [-0.3, -0.25) is 10.0 Å². The number of halogens is 2. The molecule has 9 heteroatoms. The van der Waals surface area contributed by atoms with E-state index in [1.54, 1.807) is 37.3 Å². The van der Waals surface area contributed by atoms with Crippen molar-refractivity contribution in [3.8, 4) is 11.1 Å². The fraction of sp³-hybridized carbons (Fsp3) is 0.278. The molecule has 0 heterocycles. The normalized spacial score (nSPS) is 13.8. The Morgan fingerprint density at radius 3 is 2.37 bits per heavy atom. The van der Waals surface area contributed by atoms with Crippen molar-refractivity contribution in [1.29, 1.82) is 0 Å². The minimum absolute atomic E-state index is 0.00915. The van der Waals surface area contributed by atoms with Gasteiger partial charge in [-0.05, 0) is 41.3 Å². The summed E-state index contributed by atoms with van der Waals surface area (Å²) in [5.41, 5.74) is 2.84. The van der Waals surface area contributed by atoms with Crippen molar-refractivity contribution in [2.75, 3.05) is 0 Å². The molecule has 0 aliphatic heterocycles. The van der Waals surface area contributed by atoms with Crippen LogP contribution in [0.25, 0.3) is 11.1 Å². The third-order valence-corrected chi connectivity index (χ3v) is 6.46. The van der Waals surface area contributed by atoms with Gasteiger partial charge in [-0.1, -0.05) is 61.7 Å². The average molecular weight is 431 g/mol. The first-order valence-electron chi connectivity index (χ1n) is 8.21. The van der Waals surface area contributed by atoms with Gasteiger partial charge >= 0.3 is 0 Å². The molecule has 2 aromatic carbocycles. The zero-order valence-corrected chi connectivity index (χ0v) is 17.1. The van der Waals surface area contributed by atoms with Crippen LogP contribution in [0.4, 0.5) is 0 Å². The Kier molecular flexibility index (Phi) is 7.25. The Morgan fingerprint density at radius 1 is 1.11 bits per heavy atom. The van der Waals surface area contributed by atoms with Gasteiger partial charge in [0.1, 0.15) is 6.04 Å². The summed E-state index contributed by atoms with van der Waals surface area (Å²) >= 11 is 12.0. The second-order valence-corrected chi connectivity index (χ2v) is 8.65. The Balaban J connectivity index is 2.38. The van der Waals surface area contributed by atoms with Crippen LogP contribution in [0.5, 0.6) is 0 Å². The molecule has 6 nitrogen and oxygen atoms in total. The minimum Gasteiger partial charge on any atom is -0.289 e. The zero-order chi connectivity index (χ0) is 20.2. The Hall–Kier alpha value is -1.64. The molecule has 0 aromatic heterocycles. The van der Waals surface area contributed by atoms with E-state index in [0.29, 0.717) is 27.6 Å². The van der Waals surface area contributed by atoms with Crippen LogP contribution in [-0.4, -0.2) is 25.6 Å². The van der Waals surface area contributed by atoms with E-state index in [1.807, 2.05) is 6.92 Å². The number of amides is 1. The third kappa shape index (κ3) is 5.21. The van der Waals surface area contributed by atoms with Crippen molar-refractivity contribution in [3.63, 3.8) is 0 Å². The highest BCUT2D eigenvalue weighted by Gasteiger charge is 2.29. The van der Waals surface area contributed by atoms with Crippen molar-refractivity contribution in [2.45, 2.75) is 31.2 Å². The van der Waals surface area contributed by atoms with Crippen LogP contribution < -0.4 is 10.2 Å². The molecule has 0 saturated carbocycles. The molecular weight excluding hydrogens is 411 g/mol. The maximum absolute atomic E-state index is 12.8. The van der Waals surface area contributed by atoms with Crippen LogP contribution in [0.2, 0.25) is 10.0 Å². The highest BCUT2D eigenvalue weighted by atomic mass is 35.5. The highest BCUT2D eigenvalue weighted by Crippen LogP contribution is 2.29. The second-order valence-electron chi connectivity index (χ2n) is 6.12. The molecule has 2 atom stereocenters. The number of carbonyl (C=O) groups is 1. The van der Waals surface area contributed by atoms with E-state index in [-0.39, 0.29) is 10.8 Å². The van der Waals surface area contributed by atoms with Crippen molar-refractivity contribution in [3.05, 3.63) is 52.5 Å². The average Bonchev–Trinajstić information content (AvgIpc) is 2.67. The van der Waals surface area contributed by atoms with Crippen molar-refractivity contribution >= 4 is 39.1 Å². The SMILES string of the molecule is CC[C@H](C)[C@H](NS(=O)(=O)c1cccc(-c2ccc(Cl)c(Cl)c2)c1)C(=O)NO. The number of nitrogens with one attached hydrogen (secondary N) is 2. The first kappa shape index (κ1) is 21.7. The van der Waals surface area contributed by atoms with Crippen LogP contribution in [0.1, 0.15) is 20.3 Å². The van der Waals surface area contributed by atoms with Gasteiger partial charge in [0.15, 0.2) is 0 Å². The highest BCUT2D eigenvalue weighted by molar-refractivity contribution is 7.89. The van der Waals surface area contributed by atoms with Crippen LogP contribution in [-0.2, 0) is 14.8 Å². The number of hydrogen-bond acceptors (Lipinski definition) is 4. The number of sulfonamides is 1. The van der Waals surface area contributed by atoms with E-state index in [9.17, 15) is 13.2 Å². The lowest BCUT2D eigenvalue weighted by molar-refractivity contribution is -0.132. The van der Waals surface area contributed by atoms with Gasteiger partial charge in [-0.2, -0.15) is 4.72 Å². The summed E-state index contributed by atoms with van der Waals surface area (Å²) in [5.74, 6) is -1.13. The monoisotopic (exact) mass is 430 g/mol. The molecule has 27 heavy (non-hydrogen) atoms. The molecule has 0 unspecified atom stereocenters. The summed E-state index contributed by atoms with van der Waals surface area (Å²) in [6.45, 7) is 3.54. The lowest BCUT2D eigenvalue weighted by Crippen LogP contribution is -2.49. The third-order valence-electron chi connectivity index (χ3n) is 4.29. The van der Waals surface area contributed by atoms with Gasteiger partial charge in [0, 0.05) is 0 Å². The van der Waals surface area contributed by atoms with Gasteiger partial charge in [0.2, 0.25) is 10.0 Å². The fourth-order valence-corrected chi connectivity index (χ4v) is 4.13. The fourth-order valence-electron chi connectivity index (χ4n) is 2.49. The summed E-state index contributed by atoms with van der Waals surface area (Å²) in [5, 5.41) is 9.66. The predicted octanol–water partition coefficient (Wildman–Crippen LogP) is 3.86. The maximum Gasteiger partial charge on any atom is 0.261 e. The molecule has 0 aliphatic rings. The molecule has 0 fully saturated rings. The predicted molar refractivity (Wildman–Crippen MR) is 105 cm³/mol. The molecule has 0 bridgehead atoms. The lowest BCUT2D eigenvalue weighted by Gasteiger charge is -2.22. The molecule has 2 rings (SSSR count). The van der Waals surface area contributed by atoms with Gasteiger partial charge in [0.25, 0.3) is 5.91 Å².